The van der Waals surface area contributed by atoms with E-state index < -0.39 is 0 Å². The summed E-state index contributed by atoms with van der Waals surface area (Å²) in [6.07, 6.45) is 5.51. The van der Waals surface area contributed by atoms with Crippen molar-refractivity contribution in [2.45, 2.75) is 0 Å². The molecule has 0 bridgehead atoms. The van der Waals surface area contributed by atoms with E-state index in [1.165, 1.54) is 5.56 Å². The maximum absolute atomic E-state index is 4.44. The molecule has 0 spiro atoms. The number of nitrogens with zero attached hydrogens (tertiary/aromatic N) is 2. The Balaban J connectivity index is 1.72. The van der Waals surface area contributed by atoms with Gasteiger partial charge in [0.1, 0.15) is 5.82 Å². The molecule has 1 N–H and O–H groups in total. The molecule has 3 nitrogen and oxygen atoms in total. The van der Waals surface area contributed by atoms with Gasteiger partial charge in [-0.2, -0.15) is 0 Å². The Bertz CT molecular complexity index is 944. The van der Waals surface area contributed by atoms with E-state index in [1.807, 2.05) is 48.8 Å². The Morgan fingerprint density at radius 3 is 2.57 bits per heavy atom. The number of nitrogens with one attached hydrogen (secondary N) is 1. The number of hydrogen-bond acceptors (Lipinski definition) is 3. The van der Waals surface area contributed by atoms with Gasteiger partial charge in [0.15, 0.2) is 0 Å². The molecule has 0 radical (unpaired) electrons. The van der Waals surface area contributed by atoms with Crippen molar-refractivity contribution in [3.63, 3.8) is 0 Å². The molecule has 0 aliphatic heterocycles. The molecule has 0 unspecified atom stereocenters. The van der Waals surface area contributed by atoms with Gasteiger partial charge in [-0.15, -0.1) is 0 Å². The molecule has 0 saturated heterocycles. The highest BCUT2D eigenvalue weighted by molar-refractivity contribution is 5.94. The zero-order valence-electron chi connectivity index (χ0n) is 12.5. The lowest BCUT2D eigenvalue weighted by Crippen LogP contribution is -1.94. The minimum Gasteiger partial charge on any atom is -0.340 e. The van der Waals surface area contributed by atoms with E-state index >= 15 is 0 Å². The predicted octanol–water partition coefficient (Wildman–Crippen LogP) is 5.04. The number of hydrogen-bond donors (Lipinski definition) is 1. The average molecular weight is 297 g/mol. The Morgan fingerprint density at radius 2 is 1.65 bits per heavy atom. The molecule has 2 heterocycles. The minimum atomic E-state index is 0.829. The summed E-state index contributed by atoms with van der Waals surface area (Å²) in [5.41, 5.74) is 3.35. The van der Waals surface area contributed by atoms with Crippen LogP contribution >= 0.6 is 0 Å². The summed E-state index contributed by atoms with van der Waals surface area (Å²) < 4.78 is 0. The van der Waals surface area contributed by atoms with E-state index in [0.29, 0.717) is 0 Å². The molecular formula is C20H15N3. The molecule has 0 saturated carbocycles. The van der Waals surface area contributed by atoms with E-state index in [1.54, 1.807) is 6.20 Å². The van der Waals surface area contributed by atoms with Gasteiger partial charge < -0.3 is 5.32 Å². The number of pyridine rings is 2. The van der Waals surface area contributed by atoms with Crippen LogP contribution in [0.3, 0.4) is 0 Å². The third-order valence-electron chi connectivity index (χ3n) is 3.81. The van der Waals surface area contributed by atoms with Crippen molar-refractivity contribution in [3.05, 3.63) is 85.3 Å². The first kappa shape index (κ1) is 13.5. The zero-order valence-corrected chi connectivity index (χ0v) is 12.5. The van der Waals surface area contributed by atoms with E-state index in [0.717, 1.165) is 27.8 Å². The maximum atomic E-state index is 4.44. The lowest BCUT2D eigenvalue weighted by atomic mass is 10.1. The third kappa shape index (κ3) is 2.77. The second-order valence-corrected chi connectivity index (χ2v) is 5.32. The van der Waals surface area contributed by atoms with Crippen molar-refractivity contribution in [2.24, 2.45) is 0 Å². The largest absolute Gasteiger partial charge is 0.340 e. The van der Waals surface area contributed by atoms with Crippen molar-refractivity contribution in [3.8, 4) is 11.1 Å². The van der Waals surface area contributed by atoms with E-state index in [-0.39, 0.29) is 0 Å². The lowest BCUT2D eigenvalue weighted by Gasteiger charge is -2.10. The standard InChI is InChI=1S/C20H15N3/c1-2-5-15(6-3-1)16-9-12-22-20(13-16)23-19-8-4-7-17-14-21-11-10-18(17)19/h1-14H,(H,22,23). The van der Waals surface area contributed by atoms with Gasteiger partial charge >= 0.3 is 0 Å². The van der Waals surface area contributed by atoms with Gasteiger partial charge in [0.05, 0.1) is 0 Å². The summed E-state index contributed by atoms with van der Waals surface area (Å²) in [6, 6.07) is 22.5. The molecule has 0 fully saturated rings. The monoisotopic (exact) mass is 297 g/mol. The van der Waals surface area contributed by atoms with Crippen LogP contribution in [0.5, 0.6) is 0 Å². The van der Waals surface area contributed by atoms with Crippen LogP contribution in [-0.4, -0.2) is 9.97 Å². The van der Waals surface area contributed by atoms with Crippen molar-refractivity contribution in [1.82, 2.24) is 9.97 Å². The fraction of sp³-hybridized carbons (Fsp3) is 0. The second-order valence-electron chi connectivity index (χ2n) is 5.32. The third-order valence-corrected chi connectivity index (χ3v) is 3.81. The topological polar surface area (TPSA) is 37.8 Å². The number of rotatable bonds is 3. The van der Waals surface area contributed by atoms with Crippen molar-refractivity contribution < 1.29 is 0 Å². The summed E-state index contributed by atoms with van der Waals surface area (Å²) in [5, 5.41) is 5.66. The summed E-state index contributed by atoms with van der Waals surface area (Å²) in [4.78, 5) is 8.61. The van der Waals surface area contributed by atoms with Gasteiger partial charge in [-0.3, -0.25) is 4.98 Å². The van der Waals surface area contributed by atoms with Crippen molar-refractivity contribution in [2.75, 3.05) is 5.32 Å². The molecule has 0 amide bonds. The molecule has 0 aliphatic rings. The Kier molecular flexibility index (Phi) is 3.45. The molecule has 110 valence electrons. The van der Waals surface area contributed by atoms with Gasteiger partial charge in [0, 0.05) is 35.1 Å². The van der Waals surface area contributed by atoms with Gasteiger partial charge in [-0.1, -0.05) is 42.5 Å². The molecule has 2 aromatic carbocycles. The van der Waals surface area contributed by atoms with Gasteiger partial charge in [-0.25, -0.2) is 4.98 Å². The fourth-order valence-electron chi connectivity index (χ4n) is 2.68. The van der Waals surface area contributed by atoms with Crippen LogP contribution in [0.15, 0.2) is 85.3 Å². The molecule has 0 aliphatic carbocycles. The highest BCUT2D eigenvalue weighted by Crippen LogP contribution is 2.27. The quantitative estimate of drug-likeness (QED) is 0.575. The first-order valence-electron chi connectivity index (χ1n) is 7.51. The van der Waals surface area contributed by atoms with Crippen LogP contribution in [0, 0.1) is 0 Å². The van der Waals surface area contributed by atoms with Gasteiger partial charge in [0.25, 0.3) is 0 Å². The SMILES string of the molecule is c1ccc(-c2ccnc(Nc3cccc4cnccc34)c2)cc1. The molecular weight excluding hydrogens is 282 g/mol. The van der Waals surface area contributed by atoms with Crippen LogP contribution in [-0.2, 0) is 0 Å². The Hall–Kier alpha value is -3.20. The molecule has 4 rings (SSSR count). The molecule has 2 aromatic heterocycles. The smallest absolute Gasteiger partial charge is 0.130 e. The predicted molar refractivity (Wildman–Crippen MR) is 94.7 cm³/mol. The normalized spacial score (nSPS) is 10.6. The van der Waals surface area contributed by atoms with Crippen LogP contribution < -0.4 is 5.32 Å². The molecule has 0 atom stereocenters. The van der Waals surface area contributed by atoms with Crippen LogP contribution in [0.2, 0.25) is 0 Å². The first-order valence-corrected chi connectivity index (χ1v) is 7.51. The second kappa shape index (κ2) is 5.89. The Labute approximate surface area is 134 Å². The van der Waals surface area contributed by atoms with Crippen molar-refractivity contribution >= 4 is 22.3 Å². The van der Waals surface area contributed by atoms with Crippen molar-refractivity contribution in [1.29, 1.82) is 0 Å². The summed E-state index contributed by atoms with van der Waals surface area (Å²) in [5.74, 6) is 0.829. The van der Waals surface area contributed by atoms with Crippen LogP contribution in [0.4, 0.5) is 11.5 Å². The molecule has 23 heavy (non-hydrogen) atoms. The van der Waals surface area contributed by atoms with E-state index in [4.69, 9.17) is 0 Å². The summed E-state index contributed by atoms with van der Waals surface area (Å²) in [7, 11) is 0. The molecule has 4 aromatic rings. The fourth-order valence-corrected chi connectivity index (χ4v) is 2.68. The molecule has 3 heteroatoms. The number of anilines is 2. The number of benzene rings is 2. The minimum absolute atomic E-state index is 0.829. The van der Waals surface area contributed by atoms with Crippen LogP contribution in [0.1, 0.15) is 0 Å². The van der Waals surface area contributed by atoms with Crippen LogP contribution in [0.25, 0.3) is 21.9 Å². The average Bonchev–Trinajstić information content (AvgIpc) is 2.63. The maximum Gasteiger partial charge on any atom is 0.130 e. The van der Waals surface area contributed by atoms with E-state index in [2.05, 4.69) is 45.6 Å². The Morgan fingerprint density at radius 1 is 0.739 bits per heavy atom. The highest BCUT2D eigenvalue weighted by atomic mass is 15.0. The summed E-state index contributed by atoms with van der Waals surface area (Å²) in [6.45, 7) is 0. The lowest BCUT2D eigenvalue weighted by molar-refractivity contribution is 1.31. The van der Waals surface area contributed by atoms with Gasteiger partial charge in [-0.05, 0) is 35.4 Å². The number of fused-ring (bicyclic) bond motifs is 1. The zero-order chi connectivity index (χ0) is 15.5. The van der Waals surface area contributed by atoms with Gasteiger partial charge in [0.2, 0.25) is 0 Å². The number of aromatic nitrogens is 2. The first-order chi connectivity index (χ1) is 11.4. The summed E-state index contributed by atoms with van der Waals surface area (Å²) >= 11 is 0. The highest BCUT2D eigenvalue weighted by Gasteiger charge is 2.03. The van der Waals surface area contributed by atoms with E-state index in [9.17, 15) is 0 Å².